The molecule has 1 rings (SSSR count). The molecular formula is C4H7NO8S2. The van der Waals surface area contributed by atoms with Gasteiger partial charge in [0.15, 0.2) is 0 Å². The second-order valence-corrected chi connectivity index (χ2v) is 4.38. The monoisotopic (exact) mass is 261 g/mol. The molecule has 1 aliphatic rings. The first-order valence-corrected chi connectivity index (χ1v) is 5.94. The zero-order valence-corrected chi connectivity index (χ0v) is 8.87. The lowest BCUT2D eigenvalue weighted by Gasteiger charge is -2.10. The third-order valence-electron chi connectivity index (χ3n) is 0.801. The predicted molar refractivity (Wildman–Crippen MR) is 46.1 cm³/mol. The summed E-state index contributed by atoms with van der Waals surface area (Å²) < 4.78 is 58.4. The molecule has 0 unspecified atom stereocenters. The fourth-order valence-corrected chi connectivity index (χ4v) is 1.30. The molecule has 9 nitrogen and oxygen atoms in total. The maximum atomic E-state index is 10.5. The van der Waals surface area contributed by atoms with Crippen LogP contribution < -0.4 is 4.72 Å². The molecule has 0 radical (unpaired) electrons. The summed E-state index contributed by atoms with van der Waals surface area (Å²) in [5, 5.41) is 0. The van der Waals surface area contributed by atoms with Crippen LogP contribution in [-0.2, 0) is 29.7 Å². The van der Waals surface area contributed by atoms with Crippen LogP contribution in [0.1, 0.15) is 6.92 Å². The van der Waals surface area contributed by atoms with Gasteiger partial charge in [-0.25, -0.2) is 4.72 Å². The highest BCUT2D eigenvalue weighted by atomic mass is 32.3. The third kappa shape index (κ3) is 9.14. The average molecular weight is 261 g/mol. The number of hydrogen-bond donors (Lipinski definition) is 3. The Bertz CT molecular complexity index is 463. The lowest BCUT2D eigenvalue weighted by molar-refractivity contribution is -0.115. The molecule has 0 aliphatic carbocycles. The van der Waals surface area contributed by atoms with Gasteiger partial charge in [-0.2, -0.15) is 16.8 Å². The number of allylic oxidation sites excluding steroid dienone is 1. The summed E-state index contributed by atoms with van der Waals surface area (Å²) in [5.74, 6) is -0.604. The van der Waals surface area contributed by atoms with Crippen molar-refractivity contribution in [1.82, 2.24) is 4.72 Å². The van der Waals surface area contributed by atoms with E-state index in [0.717, 1.165) is 6.08 Å². The molecular weight excluding hydrogens is 254 g/mol. The van der Waals surface area contributed by atoms with Gasteiger partial charge in [0.05, 0.1) is 0 Å². The number of amides is 1. The fraction of sp³-hybridized carbons (Fsp3) is 0.250. The maximum Gasteiger partial charge on any atom is 0.409 e. The van der Waals surface area contributed by atoms with E-state index < -0.39 is 26.6 Å². The second kappa shape index (κ2) is 4.57. The van der Waals surface area contributed by atoms with Gasteiger partial charge in [0, 0.05) is 6.08 Å². The molecule has 1 amide bonds. The van der Waals surface area contributed by atoms with Gasteiger partial charge in [0.1, 0.15) is 5.76 Å². The minimum Gasteiger partial charge on any atom is -0.371 e. The first kappa shape index (κ1) is 13.8. The highest BCUT2D eigenvalue weighted by Gasteiger charge is 2.20. The van der Waals surface area contributed by atoms with Crippen molar-refractivity contribution in [1.29, 1.82) is 0 Å². The minimum absolute atomic E-state index is 0.0729. The van der Waals surface area contributed by atoms with E-state index in [-0.39, 0.29) is 5.76 Å². The quantitative estimate of drug-likeness (QED) is 0.452. The summed E-state index contributed by atoms with van der Waals surface area (Å²) in [7, 11) is -8.52. The van der Waals surface area contributed by atoms with Gasteiger partial charge >= 0.3 is 20.7 Å². The predicted octanol–water partition coefficient (Wildman–Crippen LogP) is -1.37. The molecule has 0 aromatic carbocycles. The van der Waals surface area contributed by atoms with E-state index in [9.17, 15) is 13.2 Å². The number of rotatable bonds is 0. The van der Waals surface area contributed by atoms with E-state index >= 15 is 0 Å². The molecule has 15 heavy (non-hydrogen) atoms. The van der Waals surface area contributed by atoms with Gasteiger partial charge in [-0.05, 0) is 6.92 Å². The summed E-state index contributed by atoms with van der Waals surface area (Å²) >= 11 is 0. The number of carbonyl (C=O) groups excluding carboxylic acids is 1. The summed E-state index contributed by atoms with van der Waals surface area (Å²) in [4.78, 5) is 10.4. The lowest BCUT2D eigenvalue weighted by atomic mass is 10.5. The molecule has 0 saturated heterocycles. The minimum atomic E-state index is -4.67. The molecule has 0 atom stereocenters. The van der Waals surface area contributed by atoms with Crippen molar-refractivity contribution in [3.63, 3.8) is 0 Å². The molecule has 88 valence electrons. The van der Waals surface area contributed by atoms with Crippen molar-refractivity contribution in [3.8, 4) is 0 Å². The molecule has 3 N–H and O–H groups in total. The number of carbonyl (C=O) groups is 1. The van der Waals surface area contributed by atoms with Crippen LogP contribution in [0.25, 0.3) is 0 Å². The van der Waals surface area contributed by atoms with Crippen molar-refractivity contribution in [3.05, 3.63) is 11.8 Å². The normalized spacial score (nSPS) is 18.9. The number of nitrogens with one attached hydrogen (secondary N) is 1. The Kier molecular flexibility index (Phi) is 4.21. The number of hydrogen-bond acceptors (Lipinski definition) is 6. The Morgan fingerprint density at radius 2 is 1.80 bits per heavy atom. The lowest BCUT2D eigenvalue weighted by Crippen LogP contribution is -2.34. The molecule has 0 aromatic heterocycles. The molecule has 0 saturated carbocycles. The highest BCUT2D eigenvalue weighted by Crippen LogP contribution is 2.05. The standard InChI is InChI=1S/C4H5NO4S.H2O4S/c1-3-2-4(6)5-10(7,8)9-3;1-5(2,3)4/h2H,1H3,(H,5,6);(H2,1,2,3,4). The van der Waals surface area contributed by atoms with Gasteiger partial charge in [0.25, 0.3) is 5.91 Å². The topological polar surface area (TPSA) is 147 Å². The van der Waals surface area contributed by atoms with Gasteiger partial charge < -0.3 is 4.18 Å². The van der Waals surface area contributed by atoms with Crippen LogP contribution in [0.5, 0.6) is 0 Å². The highest BCUT2D eigenvalue weighted by molar-refractivity contribution is 7.85. The van der Waals surface area contributed by atoms with E-state index in [1.165, 1.54) is 6.92 Å². The Hall–Kier alpha value is -1.17. The Morgan fingerprint density at radius 1 is 1.40 bits per heavy atom. The average Bonchev–Trinajstić information content (AvgIpc) is 1.73. The van der Waals surface area contributed by atoms with Crippen LogP contribution >= 0.6 is 0 Å². The van der Waals surface area contributed by atoms with Crippen LogP contribution in [0.3, 0.4) is 0 Å². The van der Waals surface area contributed by atoms with Crippen molar-refractivity contribution in [2.45, 2.75) is 6.92 Å². The molecule has 1 heterocycles. The summed E-state index contributed by atoms with van der Waals surface area (Å²) in [6.07, 6.45) is 1.06. The molecule has 0 bridgehead atoms. The van der Waals surface area contributed by atoms with Crippen LogP contribution in [0, 0.1) is 0 Å². The first-order valence-electron chi connectivity index (χ1n) is 3.14. The van der Waals surface area contributed by atoms with E-state index in [0.29, 0.717) is 0 Å². The van der Waals surface area contributed by atoms with Crippen molar-refractivity contribution in [2.75, 3.05) is 0 Å². The van der Waals surface area contributed by atoms with Gasteiger partial charge in [-0.3, -0.25) is 13.9 Å². The van der Waals surface area contributed by atoms with Crippen LogP contribution in [0.2, 0.25) is 0 Å². The molecule has 1 aliphatic heterocycles. The summed E-state index contributed by atoms with van der Waals surface area (Å²) in [6.45, 7) is 1.39. The zero-order valence-electron chi connectivity index (χ0n) is 7.24. The van der Waals surface area contributed by atoms with Gasteiger partial charge in [-0.15, -0.1) is 0 Å². The van der Waals surface area contributed by atoms with E-state index in [4.69, 9.17) is 17.5 Å². The first-order chi connectivity index (χ1) is 6.49. The Morgan fingerprint density at radius 3 is 2.07 bits per heavy atom. The van der Waals surface area contributed by atoms with E-state index in [1.54, 1.807) is 4.72 Å². The fourth-order valence-electron chi connectivity index (χ4n) is 0.555. The zero-order chi connectivity index (χ0) is 12.3. The van der Waals surface area contributed by atoms with E-state index in [1.807, 2.05) is 0 Å². The van der Waals surface area contributed by atoms with Crippen molar-refractivity contribution >= 4 is 26.6 Å². The SMILES string of the molecule is CC1=CC(=O)NS(=O)(=O)O1.O=S(=O)(O)O. The van der Waals surface area contributed by atoms with Crippen LogP contribution in [-0.4, -0.2) is 31.8 Å². The molecule has 0 fully saturated rings. The van der Waals surface area contributed by atoms with Crippen LogP contribution in [0.15, 0.2) is 11.8 Å². The largest absolute Gasteiger partial charge is 0.409 e. The summed E-state index contributed by atoms with van der Waals surface area (Å²) in [5.41, 5.74) is 0. The molecule has 11 heteroatoms. The van der Waals surface area contributed by atoms with E-state index in [2.05, 4.69) is 4.18 Å². The Balaban J connectivity index is 0.000000336. The van der Waals surface area contributed by atoms with Crippen LogP contribution in [0.4, 0.5) is 0 Å². The molecule has 0 spiro atoms. The van der Waals surface area contributed by atoms with Crippen molar-refractivity contribution < 1.29 is 34.9 Å². The molecule has 0 aromatic rings. The second-order valence-electron chi connectivity index (χ2n) is 2.21. The smallest absolute Gasteiger partial charge is 0.371 e. The van der Waals surface area contributed by atoms with Crippen molar-refractivity contribution in [2.24, 2.45) is 0 Å². The Labute approximate surface area is 85.6 Å². The van der Waals surface area contributed by atoms with Gasteiger partial charge in [-0.1, -0.05) is 0 Å². The maximum absolute atomic E-state index is 10.5. The summed E-state index contributed by atoms with van der Waals surface area (Å²) in [6, 6.07) is 0. The third-order valence-corrected chi connectivity index (χ3v) is 1.73. The van der Waals surface area contributed by atoms with Gasteiger partial charge in [0.2, 0.25) is 0 Å².